The Bertz CT molecular complexity index is 2890. The van der Waals surface area contributed by atoms with Crippen LogP contribution in [0, 0.1) is 12.7 Å². The molecule has 4 aromatic rings. The third-order valence-electron chi connectivity index (χ3n) is 13.0. The molecule has 10 N–H and O–H groups in total. The van der Waals surface area contributed by atoms with Crippen molar-refractivity contribution in [3.05, 3.63) is 97.6 Å². The van der Waals surface area contributed by atoms with Crippen molar-refractivity contribution in [2.24, 2.45) is 5.73 Å². The number of hydrogen-bond acceptors (Lipinski definition) is 14. The highest BCUT2D eigenvalue weighted by molar-refractivity contribution is 5.95. The molecule has 0 unspecified atom stereocenters. The van der Waals surface area contributed by atoms with Crippen molar-refractivity contribution in [2.75, 3.05) is 52.4 Å². The maximum Gasteiger partial charge on any atom is 0.343 e. The quantitative estimate of drug-likeness (QED) is 0.0295. The SMILES string of the molecule is CC[C@@]1(O)C(=O)OCc2c1cc1n(c2=O)Cc2c-1nc1cc(F)c(C)c3c1c2[C@@H](NC(=O)CCCNC(=O)CNC(=O)[C@H](Cc1ccccc1)NC(=O)CNC(=O)CNC(=O)CN(CCN)CC(=O)O)CC3. The monoisotopic (exact) mass is 996 g/mol. The Morgan fingerprint density at radius 3 is 2.36 bits per heavy atom. The Morgan fingerprint density at radius 1 is 0.931 bits per heavy atom. The van der Waals surface area contributed by atoms with Crippen LogP contribution in [0.3, 0.4) is 0 Å². The smallest absolute Gasteiger partial charge is 0.343 e. The van der Waals surface area contributed by atoms with E-state index >= 15 is 4.39 Å². The number of halogens is 1. The predicted octanol–water partition coefficient (Wildman–Crippen LogP) is -1.05. The Morgan fingerprint density at radius 2 is 1.64 bits per heavy atom. The lowest BCUT2D eigenvalue weighted by molar-refractivity contribution is -0.172. The number of nitrogens with zero attached hydrogens (tertiary/aromatic N) is 3. The molecule has 0 radical (unpaired) electrons. The fourth-order valence-electron chi connectivity index (χ4n) is 9.37. The number of nitrogens with one attached hydrogen (secondary N) is 6. The molecule has 0 spiro atoms. The number of fused-ring (bicyclic) bond motifs is 5. The number of rotatable bonds is 22. The largest absolute Gasteiger partial charge is 0.480 e. The summed E-state index contributed by atoms with van der Waals surface area (Å²) in [4.78, 5) is 121. The van der Waals surface area contributed by atoms with E-state index in [0.717, 1.165) is 5.56 Å². The highest BCUT2D eigenvalue weighted by atomic mass is 19.1. The minimum Gasteiger partial charge on any atom is -0.480 e. The number of hydrogen-bond donors (Lipinski definition) is 9. The van der Waals surface area contributed by atoms with Gasteiger partial charge in [0.05, 0.1) is 67.8 Å². The van der Waals surface area contributed by atoms with E-state index in [1.807, 2.05) is 0 Å². The number of amides is 6. The molecular formula is C49H57FN10O12. The van der Waals surface area contributed by atoms with E-state index < -0.39 is 96.7 Å². The Labute approximate surface area is 411 Å². The van der Waals surface area contributed by atoms with Gasteiger partial charge in [0.15, 0.2) is 5.60 Å². The van der Waals surface area contributed by atoms with Gasteiger partial charge in [-0.05, 0) is 60.9 Å². The second-order valence-corrected chi connectivity index (χ2v) is 17.9. The number of aliphatic hydroxyl groups is 1. The fraction of sp³-hybridized carbons (Fsp3) is 0.429. The van der Waals surface area contributed by atoms with Crippen molar-refractivity contribution < 1.29 is 57.7 Å². The number of carboxylic acids is 1. The van der Waals surface area contributed by atoms with E-state index in [2.05, 4.69) is 31.9 Å². The summed E-state index contributed by atoms with van der Waals surface area (Å²) >= 11 is 0. The maximum atomic E-state index is 15.4. The molecule has 0 bridgehead atoms. The first kappa shape index (κ1) is 52.2. The van der Waals surface area contributed by atoms with Crippen LogP contribution in [0.5, 0.6) is 0 Å². The molecule has 23 heteroatoms. The number of carbonyl (C=O) groups excluding carboxylic acids is 7. The van der Waals surface area contributed by atoms with Gasteiger partial charge >= 0.3 is 11.9 Å². The van der Waals surface area contributed by atoms with Gasteiger partial charge in [-0.3, -0.25) is 43.3 Å². The molecule has 1 aliphatic carbocycles. The average Bonchev–Trinajstić information content (AvgIpc) is 3.72. The molecule has 6 amide bonds. The van der Waals surface area contributed by atoms with E-state index in [1.165, 1.54) is 15.5 Å². The molecule has 0 saturated carbocycles. The molecule has 382 valence electrons. The van der Waals surface area contributed by atoms with Crippen LogP contribution in [0.1, 0.15) is 77.6 Å². The zero-order valence-electron chi connectivity index (χ0n) is 39.8. The first-order valence-corrected chi connectivity index (χ1v) is 23.6. The van der Waals surface area contributed by atoms with Gasteiger partial charge in [-0.2, -0.15) is 0 Å². The number of carboxylic acid groups (broad SMARTS) is 1. The number of benzene rings is 2. The van der Waals surface area contributed by atoms with E-state index in [4.69, 9.17) is 20.6 Å². The number of aryl methyl sites for hydroxylation is 1. The topological polar surface area (TPSA) is 323 Å². The second-order valence-electron chi connectivity index (χ2n) is 17.9. The summed E-state index contributed by atoms with van der Waals surface area (Å²) in [5, 5.41) is 36.6. The molecule has 4 heterocycles. The molecule has 3 aliphatic rings. The summed E-state index contributed by atoms with van der Waals surface area (Å²) < 4.78 is 22.1. The third-order valence-corrected chi connectivity index (χ3v) is 13.0. The van der Waals surface area contributed by atoms with Gasteiger partial charge in [0, 0.05) is 55.1 Å². The Balaban J connectivity index is 0.922. The number of carbonyl (C=O) groups is 8. The number of nitrogens with two attached hydrogens (primary N) is 1. The van der Waals surface area contributed by atoms with E-state index in [9.17, 15) is 48.3 Å². The Hall–Kier alpha value is -7.63. The van der Waals surface area contributed by atoms with Gasteiger partial charge in [-0.15, -0.1) is 0 Å². The fourth-order valence-corrected chi connectivity index (χ4v) is 9.37. The third kappa shape index (κ3) is 11.6. The van der Waals surface area contributed by atoms with E-state index in [1.54, 1.807) is 50.2 Å². The van der Waals surface area contributed by atoms with Crippen LogP contribution in [-0.4, -0.2) is 130 Å². The summed E-state index contributed by atoms with van der Waals surface area (Å²) in [5.41, 5.74) is 7.57. The second kappa shape index (κ2) is 22.6. The van der Waals surface area contributed by atoms with Gasteiger partial charge in [0.2, 0.25) is 35.4 Å². The number of aliphatic carboxylic acids is 1. The lowest BCUT2D eigenvalue weighted by Crippen LogP contribution is -2.52. The standard InChI is InChI=1S/C49H57FN10O12/c1-3-49(71)31-17-36-45-29(22-60(36)47(69)30(31)25-72-48(49)70)44-33(12-11-28-26(2)32(50)18-34(58-45)43(28)44)56-37(61)10-7-14-52-38(62)20-55-46(68)35(16-27-8-5-4-6-9-27)57-40(64)21-53-39(63)19-54-41(65)23-59(15-13-51)24-42(66)67/h4-6,8-9,17-18,33,35,71H,3,7,10-16,19-25,51H2,1-2H3,(H,52,62)(H,53,63)(H,54,65)(H,55,68)(H,56,61)(H,57,64)(H,66,67)/t33-,35-,49-/m0/s1. The molecule has 2 aromatic heterocycles. The van der Waals surface area contributed by atoms with Crippen LogP contribution >= 0.6 is 0 Å². The predicted molar refractivity (Wildman–Crippen MR) is 255 cm³/mol. The highest BCUT2D eigenvalue weighted by Gasteiger charge is 2.46. The molecule has 72 heavy (non-hydrogen) atoms. The van der Waals surface area contributed by atoms with Gasteiger partial charge in [-0.25, -0.2) is 14.2 Å². The molecule has 0 fully saturated rings. The van der Waals surface area contributed by atoms with Crippen molar-refractivity contribution in [1.29, 1.82) is 0 Å². The molecule has 2 aromatic carbocycles. The van der Waals surface area contributed by atoms with Crippen LogP contribution in [0.2, 0.25) is 0 Å². The summed E-state index contributed by atoms with van der Waals surface area (Å²) in [6.45, 7) is 1.14. The Kier molecular flexibility index (Phi) is 16.4. The van der Waals surface area contributed by atoms with Gasteiger partial charge in [0.25, 0.3) is 5.56 Å². The summed E-state index contributed by atoms with van der Waals surface area (Å²) in [6.07, 6.45) is 1.07. The number of cyclic esters (lactones) is 1. The lowest BCUT2D eigenvalue weighted by Gasteiger charge is -2.31. The molecular weight excluding hydrogens is 940 g/mol. The highest BCUT2D eigenvalue weighted by Crippen LogP contribution is 2.46. The summed E-state index contributed by atoms with van der Waals surface area (Å²) in [7, 11) is 0. The van der Waals surface area contributed by atoms with Crippen molar-refractivity contribution >= 4 is 58.3 Å². The van der Waals surface area contributed by atoms with Crippen LogP contribution < -0.4 is 43.2 Å². The summed E-state index contributed by atoms with van der Waals surface area (Å²) in [6, 6.07) is 9.95. The molecule has 22 nitrogen and oxygen atoms in total. The first-order chi connectivity index (χ1) is 34.4. The summed E-state index contributed by atoms with van der Waals surface area (Å²) in [5.74, 6) is -6.14. The van der Waals surface area contributed by atoms with Gasteiger partial charge in [-0.1, -0.05) is 37.3 Å². The number of ether oxygens (including phenoxy) is 1. The normalized spacial score (nSPS) is 16.6. The minimum absolute atomic E-state index is 0.000822. The van der Waals surface area contributed by atoms with Crippen LogP contribution in [0.15, 0.2) is 47.3 Å². The van der Waals surface area contributed by atoms with Crippen molar-refractivity contribution in [1.82, 2.24) is 46.4 Å². The van der Waals surface area contributed by atoms with Crippen molar-refractivity contribution in [3.8, 4) is 11.4 Å². The average molecular weight is 997 g/mol. The van der Waals surface area contributed by atoms with Crippen molar-refractivity contribution in [3.63, 3.8) is 0 Å². The van der Waals surface area contributed by atoms with Crippen LogP contribution in [0.4, 0.5) is 4.39 Å². The number of esters is 1. The first-order valence-electron chi connectivity index (χ1n) is 23.6. The molecule has 0 saturated heterocycles. The van der Waals surface area contributed by atoms with Crippen LogP contribution in [-0.2, 0) is 74.7 Å². The maximum absolute atomic E-state index is 15.4. The van der Waals surface area contributed by atoms with Crippen molar-refractivity contribution in [2.45, 2.75) is 83.2 Å². The lowest BCUT2D eigenvalue weighted by atomic mass is 9.81. The van der Waals surface area contributed by atoms with Gasteiger partial charge < -0.3 is 57.2 Å². The van der Waals surface area contributed by atoms with Gasteiger partial charge in [0.1, 0.15) is 18.5 Å². The number of aromatic nitrogens is 2. The minimum atomic E-state index is -2.04. The molecule has 7 rings (SSSR count). The van der Waals surface area contributed by atoms with E-state index in [-0.39, 0.29) is 82.0 Å². The van der Waals surface area contributed by atoms with Crippen LogP contribution in [0.25, 0.3) is 22.3 Å². The zero-order chi connectivity index (χ0) is 51.9. The van der Waals surface area contributed by atoms with E-state index in [0.29, 0.717) is 57.4 Å². The number of pyridine rings is 2. The molecule has 2 aliphatic heterocycles. The molecule has 3 atom stereocenters. The zero-order valence-corrected chi connectivity index (χ0v) is 39.8.